The van der Waals surface area contributed by atoms with Crippen LogP contribution in [-0.2, 0) is 6.54 Å². The van der Waals surface area contributed by atoms with Crippen LogP contribution in [0.1, 0.15) is 24.4 Å². The van der Waals surface area contributed by atoms with Crippen LogP contribution in [0.25, 0.3) is 10.9 Å². The van der Waals surface area contributed by atoms with E-state index in [9.17, 15) is 0 Å². The van der Waals surface area contributed by atoms with Crippen molar-refractivity contribution in [1.82, 2.24) is 30.9 Å². The molecule has 1 atom stereocenters. The lowest BCUT2D eigenvalue weighted by molar-refractivity contribution is 0.547. The molecular formula is C13H14N6. The molecule has 6 heteroatoms. The highest BCUT2D eigenvalue weighted by Crippen LogP contribution is 2.14. The number of nitrogens with one attached hydrogen (secondary N) is 2. The molecule has 0 bridgehead atoms. The highest BCUT2D eigenvalue weighted by Gasteiger charge is 2.09. The van der Waals surface area contributed by atoms with E-state index in [4.69, 9.17) is 0 Å². The van der Waals surface area contributed by atoms with E-state index in [0.717, 1.165) is 17.4 Å². The van der Waals surface area contributed by atoms with Crippen molar-refractivity contribution in [2.24, 2.45) is 0 Å². The molecule has 3 rings (SSSR count). The van der Waals surface area contributed by atoms with Crippen molar-refractivity contribution in [1.29, 1.82) is 0 Å². The van der Waals surface area contributed by atoms with Gasteiger partial charge in [-0.1, -0.05) is 17.3 Å². The molecule has 0 radical (unpaired) electrons. The molecule has 1 unspecified atom stereocenters. The summed E-state index contributed by atoms with van der Waals surface area (Å²) in [4.78, 5) is 4.31. The Hall–Kier alpha value is -2.34. The topological polar surface area (TPSA) is 79.4 Å². The largest absolute Gasteiger partial charge is 0.303 e. The lowest BCUT2D eigenvalue weighted by Gasteiger charge is -2.10. The molecule has 0 spiro atoms. The minimum absolute atomic E-state index is 0.0587. The highest BCUT2D eigenvalue weighted by molar-refractivity contribution is 5.78. The number of rotatable bonds is 4. The van der Waals surface area contributed by atoms with Gasteiger partial charge in [-0.05, 0) is 30.7 Å². The Morgan fingerprint density at radius 2 is 2.26 bits per heavy atom. The van der Waals surface area contributed by atoms with Crippen molar-refractivity contribution in [2.45, 2.75) is 19.5 Å². The summed E-state index contributed by atoms with van der Waals surface area (Å²) in [6.45, 7) is 2.76. The smallest absolute Gasteiger partial charge is 0.191 e. The summed E-state index contributed by atoms with van der Waals surface area (Å²) in [5.74, 6) is 0.669. The minimum Gasteiger partial charge on any atom is -0.303 e. The first-order chi connectivity index (χ1) is 9.33. The van der Waals surface area contributed by atoms with E-state index >= 15 is 0 Å². The first kappa shape index (κ1) is 11.7. The molecular weight excluding hydrogens is 240 g/mol. The standard InChI is InChI=1S/C13H14N6/c1-9(13-16-18-19-17-13)15-8-10-4-5-12-11(7-10)3-2-6-14-12/h2-7,9,15H,8H2,1H3,(H,16,17,18,19). The highest BCUT2D eigenvalue weighted by atomic mass is 15.5. The van der Waals surface area contributed by atoms with Gasteiger partial charge in [0.15, 0.2) is 5.82 Å². The molecule has 0 aliphatic heterocycles. The van der Waals surface area contributed by atoms with Gasteiger partial charge in [0.1, 0.15) is 0 Å². The number of benzene rings is 1. The van der Waals surface area contributed by atoms with Crippen molar-refractivity contribution in [3.05, 3.63) is 47.9 Å². The minimum atomic E-state index is 0.0587. The summed E-state index contributed by atoms with van der Waals surface area (Å²) in [5, 5.41) is 18.4. The number of aromatic amines is 1. The Kier molecular flexibility index (Phi) is 3.16. The van der Waals surface area contributed by atoms with E-state index in [1.807, 2.05) is 19.1 Å². The molecule has 6 nitrogen and oxygen atoms in total. The Labute approximate surface area is 110 Å². The summed E-state index contributed by atoms with van der Waals surface area (Å²) in [6, 6.07) is 10.3. The van der Waals surface area contributed by atoms with Crippen LogP contribution in [0.5, 0.6) is 0 Å². The maximum atomic E-state index is 4.31. The number of pyridine rings is 1. The number of tetrazole rings is 1. The molecule has 2 N–H and O–H groups in total. The molecule has 3 aromatic rings. The van der Waals surface area contributed by atoms with E-state index in [-0.39, 0.29) is 6.04 Å². The second kappa shape index (κ2) is 5.11. The average molecular weight is 254 g/mol. The van der Waals surface area contributed by atoms with Gasteiger partial charge in [0.25, 0.3) is 0 Å². The van der Waals surface area contributed by atoms with Crippen LogP contribution in [0.4, 0.5) is 0 Å². The van der Waals surface area contributed by atoms with Crippen molar-refractivity contribution in [3.63, 3.8) is 0 Å². The van der Waals surface area contributed by atoms with E-state index in [1.54, 1.807) is 6.20 Å². The van der Waals surface area contributed by atoms with Crippen LogP contribution in [0.2, 0.25) is 0 Å². The zero-order valence-electron chi connectivity index (χ0n) is 10.5. The molecule has 2 heterocycles. The van der Waals surface area contributed by atoms with Gasteiger partial charge < -0.3 is 5.32 Å². The van der Waals surface area contributed by atoms with Crippen LogP contribution >= 0.6 is 0 Å². The van der Waals surface area contributed by atoms with Gasteiger partial charge >= 0.3 is 0 Å². The van der Waals surface area contributed by atoms with E-state index in [1.165, 1.54) is 5.56 Å². The predicted octanol–water partition coefficient (Wildman–Crippen LogP) is 1.60. The third kappa shape index (κ3) is 2.58. The summed E-state index contributed by atoms with van der Waals surface area (Å²) in [7, 11) is 0. The van der Waals surface area contributed by atoms with Gasteiger partial charge in [-0.3, -0.25) is 4.98 Å². The van der Waals surface area contributed by atoms with Crippen molar-refractivity contribution in [2.75, 3.05) is 0 Å². The van der Waals surface area contributed by atoms with Crippen molar-refractivity contribution >= 4 is 10.9 Å². The van der Waals surface area contributed by atoms with Crippen molar-refractivity contribution in [3.8, 4) is 0 Å². The second-order valence-electron chi connectivity index (χ2n) is 4.40. The lowest BCUT2D eigenvalue weighted by atomic mass is 10.1. The fourth-order valence-electron chi connectivity index (χ4n) is 1.95. The molecule has 0 aliphatic rings. The van der Waals surface area contributed by atoms with Crippen LogP contribution < -0.4 is 5.32 Å². The van der Waals surface area contributed by atoms with Crippen LogP contribution in [0.3, 0.4) is 0 Å². The van der Waals surface area contributed by atoms with Crippen molar-refractivity contribution < 1.29 is 0 Å². The third-order valence-electron chi connectivity index (χ3n) is 3.03. The summed E-state index contributed by atoms with van der Waals surface area (Å²) < 4.78 is 0. The third-order valence-corrected chi connectivity index (χ3v) is 3.03. The quantitative estimate of drug-likeness (QED) is 0.739. The van der Waals surface area contributed by atoms with E-state index in [2.05, 4.69) is 49.1 Å². The number of H-pyrrole nitrogens is 1. The maximum Gasteiger partial charge on any atom is 0.191 e. The fraction of sp³-hybridized carbons (Fsp3) is 0.231. The van der Waals surface area contributed by atoms with E-state index < -0.39 is 0 Å². The first-order valence-electron chi connectivity index (χ1n) is 6.13. The Morgan fingerprint density at radius 3 is 3.11 bits per heavy atom. The molecule has 0 saturated carbocycles. The lowest BCUT2D eigenvalue weighted by Crippen LogP contribution is -2.19. The zero-order valence-corrected chi connectivity index (χ0v) is 10.5. The monoisotopic (exact) mass is 254 g/mol. The predicted molar refractivity (Wildman–Crippen MR) is 71.2 cm³/mol. The van der Waals surface area contributed by atoms with Gasteiger partial charge in [0.05, 0.1) is 11.6 Å². The molecule has 19 heavy (non-hydrogen) atoms. The molecule has 96 valence electrons. The Morgan fingerprint density at radius 1 is 1.32 bits per heavy atom. The SMILES string of the molecule is CC(NCc1ccc2ncccc2c1)c1nn[nH]n1. The van der Waals surface area contributed by atoms with Gasteiger partial charge in [-0.25, -0.2) is 0 Å². The summed E-state index contributed by atoms with van der Waals surface area (Å²) >= 11 is 0. The normalized spacial score (nSPS) is 12.7. The van der Waals surface area contributed by atoms with Gasteiger partial charge in [-0.2, -0.15) is 5.21 Å². The fourth-order valence-corrected chi connectivity index (χ4v) is 1.95. The van der Waals surface area contributed by atoms with Crippen LogP contribution in [0, 0.1) is 0 Å². The maximum absolute atomic E-state index is 4.31. The number of aromatic nitrogens is 5. The molecule has 2 aromatic heterocycles. The molecule has 0 fully saturated rings. The Balaban J connectivity index is 1.71. The van der Waals surface area contributed by atoms with E-state index in [0.29, 0.717) is 5.82 Å². The van der Waals surface area contributed by atoms with Crippen LogP contribution in [-0.4, -0.2) is 25.6 Å². The average Bonchev–Trinajstić information content (AvgIpc) is 2.99. The first-order valence-corrected chi connectivity index (χ1v) is 6.13. The molecule has 0 saturated heterocycles. The Bertz CT molecular complexity index is 664. The number of hydrogen-bond donors (Lipinski definition) is 2. The van der Waals surface area contributed by atoms with Gasteiger partial charge in [-0.15, -0.1) is 10.2 Å². The second-order valence-corrected chi connectivity index (χ2v) is 4.40. The van der Waals surface area contributed by atoms with Gasteiger partial charge in [0, 0.05) is 18.1 Å². The summed E-state index contributed by atoms with van der Waals surface area (Å²) in [5.41, 5.74) is 2.22. The zero-order chi connectivity index (χ0) is 13.1. The number of fused-ring (bicyclic) bond motifs is 1. The summed E-state index contributed by atoms with van der Waals surface area (Å²) in [6.07, 6.45) is 1.80. The molecule has 0 aliphatic carbocycles. The van der Waals surface area contributed by atoms with Gasteiger partial charge in [0.2, 0.25) is 0 Å². The molecule has 0 amide bonds. The number of hydrogen-bond acceptors (Lipinski definition) is 5. The number of nitrogens with zero attached hydrogens (tertiary/aromatic N) is 4. The molecule has 1 aromatic carbocycles. The van der Waals surface area contributed by atoms with Crippen LogP contribution in [0.15, 0.2) is 36.5 Å².